The van der Waals surface area contributed by atoms with Crippen molar-refractivity contribution in [3.63, 3.8) is 0 Å². The summed E-state index contributed by atoms with van der Waals surface area (Å²) in [6.07, 6.45) is 22.7. The monoisotopic (exact) mass is 310 g/mol. The maximum atomic E-state index is 9.94. The number of hydrogen-bond donors (Lipinski definition) is 0. The van der Waals surface area contributed by atoms with E-state index in [4.69, 9.17) is 0 Å². The van der Waals surface area contributed by atoms with E-state index < -0.39 is 0 Å². The minimum absolute atomic E-state index is 0.671. The first-order chi connectivity index (χ1) is 10.8. The summed E-state index contributed by atoms with van der Waals surface area (Å²) >= 11 is 0. The number of carbonyl (C=O) groups is 2. The zero-order chi connectivity index (χ0) is 16.7. The number of rotatable bonds is 15. The van der Waals surface area contributed by atoms with Gasteiger partial charge in [-0.15, -0.1) is 0 Å². The van der Waals surface area contributed by atoms with Gasteiger partial charge < -0.3 is 9.59 Å². The molecule has 0 saturated carbocycles. The minimum Gasteiger partial charge on any atom is -0.303 e. The highest BCUT2D eigenvalue weighted by Crippen LogP contribution is 2.07. The molecule has 0 unspecified atom stereocenters. The van der Waals surface area contributed by atoms with Gasteiger partial charge in [0.05, 0.1) is 0 Å². The Labute approximate surface area is 138 Å². The highest BCUT2D eigenvalue weighted by Gasteiger charge is 1.89. The lowest BCUT2D eigenvalue weighted by Crippen LogP contribution is -1.80. The van der Waals surface area contributed by atoms with Crippen LogP contribution in [-0.4, -0.2) is 12.6 Å². The van der Waals surface area contributed by atoms with E-state index in [9.17, 15) is 9.59 Å². The van der Waals surface area contributed by atoms with E-state index in [2.05, 4.69) is 26.0 Å². The molecule has 0 atom stereocenters. The third kappa shape index (κ3) is 27.4. The minimum atomic E-state index is 0.671. The Balaban J connectivity index is 0. The van der Waals surface area contributed by atoms with Crippen molar-refractivity contribution < 1.29 is 9.59 Å². The first kappa shape index (κ1) is 23.3. The van der Waals surface area contributed by atoms with Gasteiger partial charge in [0, 0.05) is 12.8 Å². The van der Waals surface area contributed by atoms with Gasteiger partial charge in [-0.3, -0.25) is 0 Å². The number of carbonyl (C=O) groups excluding carboxylic acids is 2. The molecule has 0 spiro atoms. The Bertz CT molecular complexity index is 234. The maximum Gasteiger partial charge on any atom is 0.120 e. The topological polar surface area (TPSA) is 34.1 Å². The summed E-state index contributed by atoms with van der Waals surface area (Å²) in [4.78, 5) is 19.8. The van der Waals surface area contributed by atoms with Crippen molar-refractivity contribution in [2.75, 3.05) is 0 Å². The Morgan fingerprint density at radius 1 is 0.500 bits per heavy atom. The molecule has 0 aliphatic heterocycles. The fourth-order valence-electron chi connectivity index (χ4n) is 2.10. The summed E-state index contributed by atoms with van der Waals surface area (Å²) in [5.74, 6) is 0. The zero-order valence-corrected chi connectivity index (χ0v) is 15.0. The van der Waals surface area contributed by atoms with Crippen LogP contribution >= 0.6 is 0 Å². The molecule has 0 aliphatic rings. The summed E-state index contributed by atoms with van der Waals surface area (Å²) in [6.45, 7) is 4.43. The summed E-state index contributed by atoms with van der Waals surface area (Å²) in [7, 11) is 0. The zero-order valence-electron chi connectivity index (χ0n) is 15.0. The largest absolute Gasteiger partial charge is 0.303 e. The molecule has 0 aromatic heterocycles. The van der Waals surface area contributed by atoms with Gasteiger partial charge in [0.25, 0.3) is 0 Å². The maximum absolute atomic E-state index is 9.94. The van der Waals surface area contributed by atoms with Crippen LogP contribution in [0.3, 0.4) is 0 Å². The van der Waals surface area contributed by atoms with Gasteiger partial charge in [-0.1, -0.05) is 77.4 Å². The van der Waals surface area contributed by atoms with Crippen molar-refractivity contribution in [1.29, 1.82) is 0 Å². The average Bonchev–Trinajstić information content (AvgIpc) is 2.54. The molecule has 0 rings (SSSR count). The molecule has 0 aromatic rings. The third-order valence-corrected chi connectivity index (χ3v) is 3.52. The Morgan fingerprint density at radius 3 is 1.55 bits per heavy atom. The number of allylic oxidation sites excluding steroid dienone is 2. The van der Waals surface area contributed by atoms with Gasteiger partial charge in [-0.2, -0.15) is 0 Å². The highest BCUT2D eigenvalue weighted by atomic mass is 16.1. The SMILES string of the molecule is CCCCC/C=C/CCC=O.CCCCCCCCCC=O. The van der Waals surface area contributed by atoms with E-state index in [0.29, 0.717) is 6.42 Å². The van der Waals surface area contributed by atoms with Crippen LogP contribution < -0.4 is 0 Å². The predicted molar refractivity (Wildman–Crippen MR) is 97.3 cm³/mol. The number of aldehydes is 2. The quantitative estimate of drug-likeness (QED) is 0.198. The van der Waals surface area contributed by atoms with E-state index in [1.807, 2.05) is 0 Å². The van der Waals surface area contributed by atoms with Crippen molar-refractivity contribution in [1.82, 2.24) is 0 Å². The Kier molecular flexibility index (Phi) is 26.6. The highest BCUT2D eigenvalue weighted by molar-refractivity contribution is 5.49. The molecule has 0 aromatic carbocycles. The van der Waals surface area contributed by atoms with Crippen LogP contribution in [0.4, 0.5) is 0 Å². The molecule has 0 N–H and O–H groups in total. The second kappa shape index (κ2) is 25.1. The van der Waals surface area contributed by atoms with Crippen LogP contribution in [0, 0.1) is 0 Å². The van der Waals surface area contributed by atoms with Gasteiger partial charge in [-0.25, -0.2) is 0 Å². The fraction of sp³-hybridized carbons (Fsp3) is 0.800. The van der Waals surface area contributed by atoms with Crippen LogP contribution in [0.1, 0.15) is 104 Å². The molecule has 0 fully saturated rings. The molecular formula is C20H38O2. The molecule has 2 heteroatoms. The molecule has 130 valence electrons. The van der Waals surface area contributed by atoms with Crippen LogP contribution in [0.5, 0.6) is 0 Å². The number of unbranched alkanes of at least 4 members (excludes halogenated alkanes) is 11. The predicted octanol–water partition coefficient (Wildman–Crippen LogP) is 6.43. The van der Waals surface area contributed by atoms with Crippen molar-refractivity contribution in [3.05, 3.63) is 12.2 Å². The summed E-state index contributed by atoms with van der Waals surface area (Å²) in [5, 5.41) is 0. The molecule has 0 amide bonds. The lowest BCUT2D eigenvalue weighted by molar-refractivity contribution is -0.108. The third-order valence-electron chi connectivity index (χ3n) is 3.52. The van der Waals surface area contributed by atoms with E-state index in [1.54, 1.807) is 0 Å². The van der Waals surface area contributed by atoms with E-state index in [-0.39, 0.29) is 0 Å². The normalized spacial score (nSPS) is 10.3. The molecule has 0 saturated heterocycles. The van der Waals surface area contributed by atoms with Crippen molar-refractivity contribution >= 4 is 12.6 Å². The molecule has 2 nitrogen and oxygen atoms in total. The molecular weight excluding hydrogens is 272 g/mol. The van der Waals surface area contributed by atoms with Crippen LogP contribution in [0.15, 0.2) is 12.2 Å². The van der Waals surface area contributed by atoms with E-state index >= 15 is 0 Å². The van der Waals surface area contributed by atoms with E-state index in [1.165, 1.54) is 64.2 Å². The first-order valence-electron chi connectivity index (χ1n) is 9.35. The van der Waals surface area contributed by atoms with Gasteiger partial charge in [-0.05, 0) is 25.7 Å². The van der Waals surface area contributed by atoms with Crippen molar-refractivity contribution in [2.45, 2.75) is 104 Å². The molecule has 0 aliphatic carbocycles. The van der Waals surface area contributed by atoms with Crippen LogP contribution in [0.2, 0.25) is 0 Å². The summed E-state index contributed by atoms with van der Waals surface area (Å²) < 4.78 is 0. The van der Waals surface area contributed by atoms with Gasteiger partial charge >= 0.3 is 0 Å². The molecule has 0 bridgehead atoms. The van der Waals surface area contributed by atoms with Gasteiger partial charge in [0.15, 0.2) is 0 Å². The lowest BCUT2D eigenvalue weighted by atomic mass is 10.1. The molecule has 22 heavy (non-hydrogen) atoms. The first-order valence-corrected chi connectivity index (χ1v) is 9.35. The van der Waals surface area contributed by atoms with Crippen LogP contribution in [-0.2, 0) is 9.59 Å². The van der Waals surface area contributed by atoms with Crippen LogP contribution in [0.25, 0.3) is 0 Å². The standard InChI is InChI=1S/C10H20O.C10H18O/c2*1-2-3-4-5-6-7-8-9-10-11/h10H,2-9H2,1H3;6-7,10H,2-5,8-9H2,1H3/b;7-6+. The number of hydrogen-bond acceptors (Lipinski definition) is 2. The average molecular weight is 311 g/mol. The second-order valence-electron chi connectivity index (χ2n) is 5.79. The molecule has 0 radical (unpaired) electrons. The Morgan fingerprint density at radius 2 is 0.955 bits per heavy atom. The smallest absolute Gasteiger partial charge is 0.120 e. The van der Waals surface area contributed by atoms with Gasteiger partial charge in [0.1, 0.15) is 12.6 Å². The van der Waals surface area contributed by atoms with Crippen molar-refractivity contribution in [3.8, 4) is 0 Å². The van der Waals surface area contributed by atoms with E-state index in [0.717, 1.165) is 31.8 Å². The Hall–Kier alpha value is -0.920. The fourth-order valence-corrected chi connectivity index (χ4v) is 2.10. The molecule has 0 heterocycles. The van der Waals surface area contributed by atoms with Gasteiger partial charge in [0.2, 0.25) is 0 Å². The second-order valence-corrected chi connectivity index (χ2v) is 5.79. The lowest BCUT2D eigenvalue weighted by Gasteiger charge is -1.97. The van der Waals surface area contributed by atoms with Crippen molar-refractivity contribution in [2.24, 2.45) is 0 Å². The summed E-state index contributed by atoms with van der Waals surface area (Å²) in [6, 6.07) is 0. The summed E-state index contributed by atoms with van der Waals surface area (Å²) in [5.41, 5.74) is 0.